The van der Waals surface area contributed by atoms with Gasteiger partial charge in [0, 0.05) is 6.54 Å². The van der Waals surface area contributed by atoms with Gasteiger partial charge in [-0.3, -0.25) is 9.69 Å². The second-order valence-electron chi connectivity index (χ2n) is 5.12. The average Bonchev–Trinajstić information content (AvgIpc) is 2.53. The van der Waals surface area contributed by atoms with Crippen molar-refractivity contribution in [2.45, 2.75) is 31.2 Å². The number of likely N-dealkylation sites (tertiary alicyclic amines) is 1. The molecule has 4 nitrogen and oxygen atoms in total. The number of rotatable bonds is 4. The summed E-state index contributed by atoms with van der Waals surface area (Å²) in [6.07, 6.45) is 2.93. The van der Waals surface area contributed by atoms with Gasteiger partial charge in [-0.25, -0.2) is 0 Å². The lowest BCUT2D eigenvalue weighted by atomic mass is 9.96. The molecule has 0 aliphatic carbocycles. The smallest absolute Gasteiger partial charge is 0.323 e. The predicted molar refractivity (Wildman–Crippen MR) is 76.0 cm³/mol. The minimum absolute atomic E-state index is 0.186. The molecule has 4 heteroatoms. The summed E-state index contributed by atoms with van der Waals surface area (Å²) < 4.78 is 4.88. The monoisotopic (exact) mass is 272 g/mol. The highest BCUT2D eigenvalue weighted by Crippen LogP contribution is 2.23. The molecule has 0 aromatic heterocycles. The minimum Gasteiger partial charge on any atom is -0.468 e. The van der Waals surface area contributed by atoms with Crippen LogP contribution in [0.1, 0.15) is 30.7 Å². The average molecular weight is 272 g/mol. The lowest BCUT2D eigenvalue weighted by Gasteiger charge is -2.34. The van der Waals surface area contributed by atoms with Crippen LogP contribution in [0.2, 0.25) is 0 Å². The highest BCUT2D eigenvalue weighted by Gasteiger charge is 2.31. The molecule has 1 aromatic carbocycles. The molecule has 0 bridgehead atoms. The molecule has 0 N–H and O–H groups in total. The number of esters is 1. The molecule has 1 heterocycles. The Morgan fingerprint density at radius 1 is 1.45 bits per heavy atom. The lowest BCUT2D eigenvalue weighted by molar-refractivity contribution is -0.148. The molecule has 106 valence electrons. The summed E-state index contributed by atoms with van der Waals surface area (Å²) in [5.41, 5.74) is 1.00. The largest absolute Gasteiger partial charge is 0.468 e. The second-order valence-corrected chi connectivity index (χ2v) is 5.12. The fraction of sp³-hybridized carbons (Fsp3) is 0.500. The second kappa shape index (κ2) is 7.06. The van der Waals surface area contributed by atoms with Gasteiger partial charge in [-0.1, -0.05) is 36.8 Å². The maximum absolute atomic E-state index is 11.8. The maximum atomic E-state index is 11.8. The molecule has 20 heavy (non-hydrogen) atoms. The third-order valence-corrected chi connectivity index (χ3v) is 3.86. The maximum Gasteiger partial charge on any atom is 0.323 e. The van der Waals surface area contributed by atoms with E-state index in [9.17, 15) is 10.1 Å². The minimum atomic E-state index is -0.207. The van der Waals surface area contributed by atoms with Gasteiger partial charge in [-0.05, 0) is 24.9 Å². The van der Waals surface area contributed by atoms with Crippen LogP contribution >= 0.6 is 0 Å². The van der Waals surface area contributed by atoms with Crippen LogP contribution in [0.3, 0.4) is 0 Å². The molecule has 1 saturated heterocycles. The highest BCUT2D eigenvalue weighted by molar-refractivity contribution is 5.75. The number of ether oxygens (including phenoxy) is 1. The fourth-order valence-corrected chi connectivity index (χ4v) is 2.75. The molecule has 2 unspecified atom stereocenters. The topological polar surface area (TPSA) is 53.3 Å². The van der Waals surface area contributed by atoms with E-state index in [1.807, 2.05) is 30.3 Å². The highest BCUT2D eigenvalue weighted by atomic mass is 16.5. The van der Waals surface area contributed by atoms with E-state index in [2.05, 4.69) is 11.0 Å². The summed E-state index contributed by atoms with van der Waals surface area (Å²) in [7, 11) is 1.42. The SMILES string of the molecule is COC(=O)C1CCCCN1CC(C#N)c1ccccc1. The van der Waals surface area contributed by atoms with Gasteiger partial charge in [-0.15, -0.1) is 0 Å². The Kier molecular flexibility index (Phi) is 5.14. The lowest BCUT2D eigenvalue weighted by Crippen LogP contribution is -2.46. The Morgan fingerprint density at radius 3 is 2.85 bits per heavy atom. The standard InChI is InChI=1S/C16H20N2O2/c1-20-16(19)15-9-5-6-10-18(15)12-14(11-17)13-7-3-2-4-8-13/h2-4,7-8,14-15H,5-6,9-10,12H2,1H3. The van der Waals surface area contributed by atoms with Crippen LogP contribution in [0.4, 0.5) is 0 Å². The number of methoxy groups -OCH3 is 1. The van der Waals surface area contributed by atoms with Crippen molar-refractivity contribution in [2.24, 2.45) is 0 Å². The van der Waals surface area contributed by atoms with E-state index < -0.39 is 0 Å². The van der Waals surface area contributed by atoms with Crippen LogP contribution in [-0.2, 0) is 9.53 Å². The van der Waals surface area contributed by atoms with Crippen LogP contribution in [0, 0.1) is 11.3 Å². The molecule has 0 saturated carbocycles. The Labute approximate surface area is 120 Å². The normalized spacial score (nSPS) is 20.9. The van der Waals surface area contributed by atoms with Crippen molar-refractivity contribution in [3.05, 3.63) is 35.9 Å². The van der Waals surface area contributed by atoms with E-state index >= 15 is 0 Å². The summed E-state index contributed by atoms with van der Waals surface area (Å²) in [5, 5.41) is 9.40. The van der Waals surface area contributed by atoms with Gasteiger partial charge in [0.05, 0.1) is 19.1 Å². The predicted octanol–water partition coefficient (Wildman–Crippen LogP) is 2.32. The third-order valence-electron chi connectivity index (χ3n) is 3.86. The van der Waals surface area contributed by atoms with Crippen molar-refractivity contribution < 1.29 is 9.53 Å². The number of carbonyl (C=O) groups is 1. The van der Waals surface area contributed by atoms with Crippen molar-refractivity contribution in [2.75, 3.05) is 20.2 Å². The first-order valence-electron chi connectivity index (χ1n) is 7.02. The van der Waals surface area contributed by atoms with Crippen molar-refractivity contribution in [3.8, 4) is 6.07 Å². The van der Waals surface area contributed by atoms with Gasteiger partial charge < -0.3 is 4.74 Å². The van der Waals surface area contributed by atoms with Gasteiger partial charge in [0.25, 0.3) is 0 Å². The van der Waals surface area contributed by atoms with Gasteiger partial charge in [0.1, 0.15) is 6.04 Å². The summed E-state index contributed by atoms with van der Waals surface area (Å²) in [5.74, 6) is -0.393. The van der Waals surface area contributed by atoms with Crippen LogP contribution < -0.4 is 0 Å². The summed E-state index contributed by atoms with van der Waals surface area (Å²) in [6, 6.07) is 11.9. The zero-order valence-electron chi connectivity index (χ0n) is 11.8. The van der Waals surface area contributed by atoms with Crippen molar-refractivity contribution in [3.63, 3.8) is 0 Å². The quantitative estimate of drug-likeness (QED) is 0.789. The molecule has 0 amide bonds. The number of benzene rings is 1. The summed E-state index contributed by atoms with van der Waals surface area (Å²) >= 11 is 0. The first kappa shape index (κ1) is 14.5. The van der Waals surface area contributed by atoms with Crippen LogP contribution in [0.15, 0.2) is 30.3 Å². The number of hydrogen-bond donors (Lipinski definition) is 0. The molecule has 1 aliphatic heterocycles. The Bertz CT molecular complexity index is 481. The summed E-state index contributed by atoms with van der Waals surface area (Å²) in [6.45, 7) is 1.44. The zero-order chi connectivity index (χ0) is 14.4. The van der Waals surface area contributed by atoms with E-state index in [-0.39, 0.29) is 17.9 Å². The molecule has 0 radical (unpaired) electrons. The fourth-order valence-electron chi connectivity index (χ4n) is 2.75. The van der Waals surface area contributed by atoms with Crippen LogP contribution in [0.5, 0.6) is 0 Å². The molecule has 2 rings (SSSR count). The molecule has 1 aliphatic rings. The number of hydrogen-bond acceptors (Lipinski definition) is 4. The van der Waals surface area contributed by atoms with Crippen LogP contribution in [0.25, 0.3) is 0 Å². The molecular weight excluding hydrogens is 252 g/mol. The molecule has 1 aromatic rings. The van der Waals surface area contributed by atoms with Crippen molar-refractivity contribution in [1.82, 2.24) is 4.90 Å². The first-order valence-corrected chi connectivity index (χ1v) is 7.02. The Morgan fingerprint density at radius 2 is 2.20 bits per heavy atom. The van der Waals surface area contributed by atoms with Crippen molar-refractivity contribution in [1.29, 1.82) is 5.26 Å². The molecular formula is C16H20N2O2. The van der Waals surface area contributed by atoms with Gasteiger partial charge in [0.15, 0.2) is 0 Å². The van der Waals surface area contributed by atoms with Crippen molar-refractivity contribution >= 4 is 5.97 Å². The number of nitrogens with zero attached hydrogens (tertiary/aromatic N) is 2. The number of nitriles is 1. The number of piperidine rings is 1. The van der Waals surface area contributed by atoms with Gasteiger partial charge in [-0.2, -0.15) is 5.26 Å². The van der Waals surface area contributed by atoms with E-state index in [4.69, 9.17) is 4.74 Å². The Balaban J connectivity index is 2.09. The van der Waals surface area contributed by atoms with E-state index in [0.717, 1.165) is 31.4 Å². The molecule has 1 fully saturated rings. The van der Waals surface area contributed by atoms with Gasteiger partial charge >= 0.3 is 5.97 Å². The van der Waals surface area contributed by atoms with E-state index in [1.54, 1.807) is 0 Å². The van der Waals surface area contributed by atoms with Crippen LogP contribution in [-0.4, -0.2) is 37.1 Å². The third kappa shape index (κ3) is 3.37. The molecule has 2 atom stereocenters. The zero-order valence-corrected chi connectivity index (χ0v) is 11.8. The Hall–Kier alpha value is -1.86. The number of carbonyl (C=O) groups excluding carboxylic acids is 1. The first-order chi connectivity index (χ1) is 9.76. The molecule has 0 spiro atoms. The van der Waals surface area contributed by atoms with E-state index in [1.165, 1.54) is 7.11 Å². The van der Waals surface area contributed by atoms with Gasteiger partial charge in [0.2, 0.25) is 0 Å². The summed E-state index contributed by atoms with van der Waals surface area (Å²) in [4.78, 5) is 13.9. The van der Waals surface area contributed by atoms with E-state index in [0.29, 0.717) is 6.54 Å².